The Morgan fingerprint density at radius 2 is 1.88 bits per heavy atom. The van der Waals surface area contributed by atoms with Crippen LogP contribution < -0.4 is 0 Å². The maximum absolute atomic E-state index is 12.4. The third-order valence-electron chi connectivity index (χ3n) is 5.47. The number of aromatic nitrogens is 1. The van der Waals surface area contributed by atoms with Gasteiger partial charge in [0.05, 0.1) is 28.0 Å². The monoisotopic (exact) mass is 512 g/mol. The van der Waals surface area contributed by atoms with E-state index in [1.54, 1.807) is 11.3 Å². The van der Waals surface area contributed by atoms with E-state index in [9.17, 15) is 14.6 Å². The maximum Gasteiger partial charge on any atom is 0.115 e. The molecule has 4 nitrogen and oxygen atoms in total. The number of unbranched alkanes of at least 4 members (excludes halogenated alkanes) is 5. The highest BCUT2D eigenvalue weighted by Crippen LogP contribution is 2.35. The summed E-state index contributed by atoms with van der Waals surface area (Å²) >= 11 is 2.97. The molecule has 3 aromatic rings. The summed E-state index contributed by atoms with van der Waals surface area (Å²) in [5.74, 6) is 1.26. The van der Waals surface area contributed by atoms with E-state index in [4.69, 9.17) is 4.98 Å². The smallest absolute Gasteiger partial charge is 0.115 e. The fourth-order valence-corrected chi connectivity index (χ4v) is 6.70. The van der Waals surface area contributed by atoms with Crippen LogP contribution in [0.15, 0.2) is 58.9 Å². The summed E-state index contributed by atoms with van der Waals surface area (Å²) in [5.41, 5.74) is 3.13. The summed E-state index contributed by atoms with van der Waals surface area (Å²) in [6.07, 6.45) is 6.26. The van der Waals surface area contributed by atoms with E-state index in [1.807, 2.05) is 53.9 Å². The third-order valence-corrected chi connectivity index (χ3v) is 8.99. The first-order valence-corrected chi connectivity index (χ1v) is 15.2. The van der Waals surface area contributed by atoms with Gasteiger partial charge >= 0.3 is 0 Å². The topological polar surface area (TPSA) is 74.0 Å². The van der Waals surface area contributed by atoms with Gasteiger partial charge in [-0.1, -0.05) is 75.4 Å². The summed E-state index contributed by atoms with van der Waals surface area (Å²) in [6.45, 7) is 2.20. The molecule has 0 unspecified atom stereocenters. The van der Waals surface area contributed by atoms with Crippen LogP contribution in [0, 0.1) is 11.3 Å². The zero-order valence-corrected chi connectivity index (χ0v) is 22.1. The maximum atomic E-state index is 12.4. The third kappa shape index (κ3) is 8.06. The zero-order chi connectivity index (χ0) is 24.2. The fourth-order valence-electron chi connectivity index (χ4n) is 3.69. The molecule has 0 saturated carbocycles. The Morgan fingerprint density at radius 1 is 1.12 bits per heavy atom. The Bertz CT molecular complexity index is 1080. The predicted octanol–water partition coefficient (Wildman–Crippen LogP) is 6.91. The molecular weight excluding hydrogens is 481 g/mol. The predicted molar refractivity (Wildman–Crippen MR) is 146 cm³/mol. The molecule has 0 radical (unpaired) electrons. The average Bonchev–Trinajstić information content (AvgIpc) is 3.40. The second kappa shape index (κ2) is 14.4. The minimum absolute atomic E-state index is 0.264. The van der Waals surface area contributed by atoms with Gasteiger partial charge in [-0.2, -0.15) is 5.26 Å². The van der Waals surface area contributed by atoms with Crippen LogP contribution in [0.5, 0.6) is 0 Å². The lowest BCUT2D eigenvalue weighted by molar-refractivity contribution is 0.224. The molecule has 3 rings (SSSR count). The number of hydrogen-bond acceptors (Lipinski definition) is 6. The Kier molecular flexibility index (Phi) is 11.3. The molecule has 2 aromatic heterocycles. The van der Waals surface area contributed by atoms with Crippen LogP contribution in [0.25, 0.3) is 21.7 Å². The van der Waals surface area contributed by atoms with Gasteiger partial charge in [-0.25, -0.2) is 4.98 Å². The van der Waals surface area contributed by atoms with Gasteiger partial charge in [0.2, 0.25) is 0 Å². The van der Waals surface area contributed by atoms with Gasteiger partial charge in [0, 0.05) is 27.9 Å². The van der Waals surface area contributed by atoms with E-state index in [0.717, 1.165) is 34.5 Å². The van der Waals surface area contributed by atoms with Gasteiger partial charge in [0.15, 0.2) is 0 Å². The minimum Gasteiger partial charge on any atom is -0.391 e. The number of rotatable bonds is 14. The Hall–Kier alpha value is -1.98. The molecular formula is C27H32N2O2S3. The van der Waals surface area contributed by atoms with Gasteiger partial charge in [0.1, 0.15) is 11.1 Å². The number of aliphatic hydroxyl groups is 1. The SMILES string of the molecule is CCCCCCCC[S@](=O)C[C@@H](O)CSc1nc(-c2cccs2)cc(-c2ccccc2)c1C#N. The van der Waals surface area contributed by atoms with E-state index in [0.29, 0.717) is 22.1 Å². The van der Waals surface area contributed by atoms with E-state index >= 15 is 0 Å². The normalized spacial score (nSPS) is 12.9. The van der Waals surface area contributed by atoms with Crippen LogP contribution >= 0.6 is 23.1 Å². The van der Waals surface area contributed by atoms with Crippen molar-refractivity contribution in [1.29, 1.82) is 5.26 Å². The van der Waals surface area contributed by atoms with Crippen LogP contribution in [0.3, 0.4) is 0 Å². The standard InChI is InChI=1S/C27H32N2O2S3/c1-2-3-4-5-6-10-16-34(31)20-22(30)19-33-27-24(18-28)23(21-12-8-7-9-13-21)17-25(29-27)26-14-11-15-32-26/h7-9,11-15,17,22,30H,2-6,10,16,19-20H2,1H3/t22-,34-/m0/s1. The molecule has 180 valence electrons. The van der Waals surface area contributed by atoms with Crippen LogP contribution in [0.1, 0.15) is 51.0 Å². The lowest BCUT2D eigenvalue weighted by atomic mass is 10.0. The van der Waals surface area contributed by atoms with Crippen LogP contribution in [0.2, 0.25) is 0 Å². The molecule has 0 bridgehead atoms. The molecule has 0 saturated heterocycles. The second-order valence-corrected chi connectivity index (χ2v) is 11.8. The molecule has 0 fully saturated rings. The number of nitrogens with zero attached hydrogens (tertiary/aromatic N) is 2. The van der Waals surface area contributed by atoms with E-state index in [-0.39, 0.29) is 5.75 Å². The summed E-state index contributed by atoms with van der Waals surface area (Å²) in [4.78, 5) is 5.80. The van der Waals surface area contributed by atoms with E-state index in [1.165, 1.54) is 37.4 Å². The first-order chi connectivity index (χ1) is 16.6. The number of benzene rings is 1. The number of aliphatic hydroxyl groups excluding tert-OH is 1. The van der Waals surface area contributed by atoms with Crippen molar-refractivity contribution in [3.05, 3.63) is 59.5 Å². The second-order valence-electron chi connectivity index (χ2n) is 8.23. The lowest BCUT2D eigenvalue weighted by Gasteiger charge is -2.14. The molecule has 0 amide bonds. The van der Waals surface area contributed by atoms with Crippen molar-refractivity contribution in [1.82, 2.24) is 4.98 Å². The number of nitriles is 1. The van der Waals surface area contributed by atoms with Crippen LogP contribution in [-0.4, -0.2) is 37.7 Å². The van der Waals surface area contributed by atoms with Gasteiger partial charge < -0.3 is 5.11 Å². The highest BCUT2D eigenvalue weighted by Gasteiger charge is 2.18. The summed E-state index contributed by atoms with van der Waals surface area (Å²) in [5, 5.41) is 23.1. The highest BCUT2D eigenvalue weighted by atomic mass is 32.2. The molecule has 0 aliphatic rings. The molecule has 1 N–H and O–H groups in total. The van der Waals surface area contributed by atoms with E-state index in [2.05, 4.69) is 13.0 Å². The van der Waals surface area contributed by atoms with E-state index < -0.39 is 16.9 Å². The average molecular weight is 513 g/mol. The summed E-state index contributed by atoms with van der Waals surface area (Å²) in [6, 6.07) is 18.1. The van der Waals surface area contributed by atoms with Crippen molar-refractivity contribution < 1.29 is 9.32 Å². The van der Waals surface area contributed by atoms with Gasteiger partial charge in [-0.15, -0.1) is 23.1 Å². The van der Waals surface area contributed by atoms with Crippen molar-refractivity contribution >= 4 is 33.9 Å². The van der Waals surface area contributed by atoms with Crippen LogP contribution in [0.4, 0.5) is 0 Å². The molecule has 34 heavy (non-hydrogen) atoms. The van der Waals surface area contributed by atoms with Gasteiger partial charge in [0.25, 0.3) is 0 Å². The molecule has 0 aliphatic carbocycles. The Balaban J connectivity index is 1.67. The Morgan fingerprint density at radius 3 is 2.59 bits per heavy atom. The largest absolute Gasteiger partial charge is 0.391 e. The first-order valence-electron chi connectivity index (χ1n) is 11.8. The summed E-state index contributed by atoms with van der Waals surface area (Å²) in [7, 11) is -1.03. The van der Waals surface area contributed by atoms with Gasteiger partial charge in [-0.05, 0) is 29.5 Å². The number of pyridine rings is 1. The quantitative estimate of drug-likeness (QED) is 0.188. The first kappa shape index (κ1) is 26.6. The fraction of sp³-hybridized carbons (Fsp3) is 0.407. The minimum atomic E-state index is -1.03. The van der Waals surface area contributed by atoms with Crippen molar-refractivity contribution in [2.45, 2.75) is 56.6 Å². The van der Waals surface area contributed by atoms with Crippen LogP contribution in [-0.2, 0) is 10.8 Å². The number of hydrogen-bond donors (Lipinski definition) is 1. The summed E-state index contributed by atoms with van der Waals surface area (Å²) < 4.78 is 12.4. The lowest BCUT2D eigenvalue weighted by Crippen LogP contribution is -2.21. The molecule has 1 aromatic carbocycles. The molecule has 0 aliphatic heterocycles. The Labute approximate surface area is 213 Å². The van der Waals surface area contributed by atoms with Crippen molar-refractivity contribution in [3.8, 4) is 27.8 Å². The van der Waals surface area contributed by atoms with Crippen molar-refractivity contribution in [3.63, 3.8) is 0 Å². The molecule has 2 heterocycles. The number of thioether (sulfide) groups is 1. The molecule has 0 spiro atoms. The molecule has 2 atom stereocenters. The van der Waals surface area contributed by atoms with Crippen molar-refractivity contribution in [2.24, 2.45) is 0 Å². The zero-order valence-electron chi connectivity index (χ0n) is 19.6. The number of thiophene rings is 1. The van der Waals surface area contributed by atoms with Crippen molar-refractivity contribution in [2.75, 3.05) is 17.3 Å². The highest BCUT2D eigenvalue weighted by molar-refractivity contribution is 7.99. The molecule has 7 heteroatoms. The van der Waals surface area contributed by atoms with Gasteiger partial charge in [-0.3, -0.25) is 4.21 Å².